The van der Waals surface area contributed by atoms with Crippen LogP contribution in [0.1, 0.15) is 25.7 Å². The second kappa shape index (κ2) is 10.3. The van der Waals surface area contributed by atoms with Crippen LogP contribution in [0, 0.1) is 0 Å². The van der Waals surface area contributed by atoms with Gasteiger partial charge in [-0.3, -0.25) is 4.79 Å². The Hall–Kier alpha value is -2.35. The number of hydrogen-bond acceptors (Lipinski definition) is 5. The Morgan fingerprint density at radius 3 is 2.79 bits per heavy atom. The van der Waals surface area contributed by atoms with Gasteiger partial charge in [-0.1, -0.05) is 6.07 Å². The van der Waals surface area contributed by atoms with Gasteiger partial charge in [0, 0.05) is 52.6 Å². The lowest BCUT2D eigenvalue weighted by Gasteiger charge is -2.34. The van der Waals surface area contributed by atoms with Gasteiger partial charge in [0.15, 0.2) is 5.96 Å². The lowest BCUT2D eigenvalue weighted by atomic mass is 10.1. The van der Waals surface area contributed by atoms with E-state index in [0.717, 1.165) is 57.7 Å². The minimum absolute atomic E-state index is 0.0109. The Labute approximate surface area is 167 Å². The summed E-state index contributed by atoms with van der Waals surface area (Å²) in [6.07, 6.45) is 6.23. The van der Waals surface area contributed by atoms with E-state index in [2.05, 4.69) is 31.6 Å². The number of piperidine rings is 1. The average molecular weight is 389 g/mol. The number of pyridine rings is 1. The molecule has 2 aliphatic heterocycles. The van der Waals surface area contributed by atoms with E-state index >= 15 is 0 Å². The number of nitrogens with zero attached hydrogens (tertiary/aromatic N) is 4. The zero-order valence-corrected chi connectivity index (χ0v) is 16.9. The maximum absolute atomic E-state index is 11.9. The molecule has 8 nitrogen and oxygen atoms in total. The van der Waals surface area contributed by atoms with Gasteiger partial charge in [-0.15, -0.1) is 0 Å². The van der Waals surface area contributed by atoms with Crippen LogP contribution >= 0.6 is 0 Å². The molecule has 2 saturated heterocycles. The molecule has 3 rings (SSSR count). The molecule has 0 aromatic carbocycles. The Kier molecular flexibility index (Phi) is 7.47. The van der Waals surface area contributed by atoms with Crippen molar-refractivity contribution >= 4 is 17.7 Å². The minimum atomic E-state index is -0.0109. The van der Waals surface area contributed by atoms with Crippen LogP contribution in [0.5, 0.6) is 0 Å². The third kappa shape index (κ3) is 6.09. The number of hydrogen-bond donors (Lipinski definition) is 2. The highest BCUT2D eigenvalue weighted by molar-refractivity contribution is 5.85. The average Bonchev–Trinajstić information content (AvgIpc) is 3.24. The first-order valence-electron chi connectivity index (χ1n) is 10.1. The van der Waals surface area contributed by atoms with Gasteiger partial charge in [0.2, 0.25) is 5.91 Å². The van der Waals surface area contributed by atoms with E-state index in [1.807, 2.05) is 18.3 Å². The molecule has 0 spiro atoms. The number of anilines is 1. The summed E-state index contributed by atoms with van der Waals surface area (Å²) < 4.78 is 5.69. The van der Waals surface area contributed by atoms with Crippen molar-refractivity contribution in [3.05, 3.63) is 24.4 Å². The first-order chi connectivity index (χ1) is 13.6. The highest BCUT2D eigenvalue weighted by Crippen LogP contribution is 2.17. The number of amides is 1. The largest absolute Gasteiger partial charge is 0.376 e. The molecule has 2 fully saturated rings. The van der Waals surface area contributed by atoms with Gasteiger partial charge in [-0.25, -0.2) is 9.98 Å². The number of aromatic nitrogens is 1. The topological polar surface area (TPSA) is 82.1 Å². The highest BCUT2D eigenvalue weighted by Gasteiger charge is 2.22. The van der Waals surface area contributed by atoms with Crippen molar-refractivity contribution in [3.63, 3.8) is 0 Å². The Morgan fingerprint density at radius 2 is 2.14 bits per heavy atom. The van der Waals surface area contributed by atoms with Gasteiger partial charge >= 0.3 is 0 Å². The molecule has 1 amide bonds. The summed E-state index contributed by atoms with van der Waals surface area (Å²) in [6, 6.07) is 6.34. The lowest BCUT2D eigenvalue weighted by Crippen LogP contribution is -2.50. The number of carbonyl (C=O) groups is 1. The number of nitrogens with one attached hydrogen (secondary N) is 2. The smallest absolute Gasteiger partial charge is 0.243 e. The van der Waals surface area contributed by atoms with E-state index in [4.69, 9.17) is 4.74 Å². The molecule has 1 aromatic heterocycles. The summed E-state index contributed by atoms with van der Waals surface area (Å²) in [4.78, 5) is 24.7. The van der Waals surface area contributed by atoms with Crippen LogP contribution in [0.3, 0.4) is 0 Å². The zero-order chi connectivity index (χ0) is 19.8. The van der Waals surface area contributed by atoms with Crippen LogP contribution in [0.4, 0.5) is 5.82 Å². The maximum Gasteiger partial charge on any atom is 0.243 e. The first kappa shape index (κ1) is 20.4. The molecule has 28 heavy (non-hydrogen) atoms. The molecule has 8 heteroatoms. The second-order valence-electron chi connectivity index (χ2n) is 7.56. The summed E-state index contributed by atoms with van der Waals surface area (Å²) >= 11 is 0. The number of guanidine groups is 1. The molecule has 154 valence electrons. The number of rotatable bonds is 6. The molecule has 0 aliphatic carbocycles. The number of aliphatic imine (C=N–C) groups is 1. The molecule has 3 heterocycles. The van der Waals surface area contributed by atoms with Crippen molar-refractivity contribution in [2.45, 2.75) is 37.8 Å². The molecular formula is C20H32N6O2. The predicted octanol–water partition coefficient (Wildman–Crippen LogP) is 0.853. The van der Waals surface area contributed by atoms with Crippen LogP contribution < -0.4 is 15.5 Å². The lowest BCUT2D eigenvalue weighted by molar-refractivity contribution is -0.127. The second-order valence-corrected chi connectivity index (χ2v) is 7.56. The number of likely N-dealkylation sites (N-methyl/N-ethyl adjacent to an activating group) is 1. The number of carbonyl (C=O) groups excluding carboxylic acids is 1. The Bertz CT molecular complexity index is 637. The normalized spacial score (nSPS) is 20.9. The molecular weight excluding hydrogens is 356 g/mol. The zero-order valence-electron chi connectivity index (χ0n) is 16.9. The molecule has 0 saturated carbocycles. The molecule has 0 bridgehead atoms. The summed E-state index contributed by atoms with van der Waals surface area (Å²) in [7, 11) is 3.50. The van der Waals surface area contributed by atoms with Crippen molar-refractivity contribution in [2.24, 2.45) is 4.99 Å². The number of ether oxygens (including phenoxy) is 1. The van der Waals surface area contributed by atoms with E-state index in [9.17, 15) is 4.79 Å². The van der Waals surface area contributed by atoms with Crippen LogP contribution in [-0.4, -0.2) is 80.8 Å². The van der Waals surface area contributed by atoms with Crippen LogP contribution in [0.2, 0.25) is 0 Å². The standard InChI is InChI=1S/C20H32N6O2/c1-25(2)19(27)15-23-20(22-14-17-6-5-13-28-17)24-16-8-11-26(12-9-16)18-7-3-4-10-21-18/h3-4,7,10,16-17H,5-6,8-9,11-15H2,1-2H3,(H2,22,23,24). The fourth-order valence-corrected chi connectivity index (χ4v) is 3.44. The van der Waals surface area contributed by atoms with Crippen LogP contribution in [0.15, 0.2) is 29.4 Å². The van der Waals surface area contributed by atoms with Gasteiger partial charge in [0.25, 0.3) is 0 Å². The molecule has 2 aliphatic rings. The van der Waals surface area contributed by atoms with Gasteiger partial charge in [0.05, 0.1) is 6.10 Å². The van der Waals surface area contributed by atoms with Crippen molar-refractivity contribution in [1.82, 2.24) is 20.5 Å². The summed E-state index contributed by atoms with van der Waals surface area (Å²) in [5, 5.41) is 6.88. The van der Waals surface area contributed by atoms with Gasteiger partial charge in [-0.2, -0.15) is 0 Å². The molecule has 2 N–H and O–H groups in total. The van der Waals surface area contributed by atoms with E-state index in [1.165, 1.54) is 0 Å². The first-order valence-corrected chi connectivity index (χ1v) is 10.1. The molecule has 1 atom stereocenters. The predicted molar refractivity (Wildman–Crippen MR) is 111 cm³/mol. The van der Waals surface area contributed by atoms with Crippen LogP contribution in [0.25, 0.3) is 0 Å². The summed E-state index contributed by atoms with van der Waals surface area (Å²) in [6.45, 7) is 3.58. The summed E-state index contributed by atoms with van der Waals surface area (Å²) in [5.41, 5.74) is 0. The van der Waals surface area contributed by atoms with Gasteiger partial charge < -0.3 is 25.2 Å². The van der Waals surface area contributed by atoms with Crippen molar-refractivity contribution < 1.29 is 9.53 Å². The Balaban J connectivity index is 1.52. The third-order valence-corrected chi connectivity index (χ3v) is 5.20. The van der Waals surface area contributed by atoms with E-state index in [1.54, 1.807) is 19.0 Å². The van der Waals surface area contributed by atoms with E-state index in [0.29, 0.717) is 12.0 Å². The third-order valence-electron chi connectivity index (χ3n) is 5.20. The molecule has 1 aromatic rings. The fraction of sp³-hybridized carbons (Fsp3) is 0.650. The fourth-order valence-electron chi connectivity index (χ4n) is 3.44. The van der Waals surface area contributed by atoms with E-state index < -0.39 is 0 Å². The quantitative estimate of drug-likeness (QED) is 0.556. The van der Waals surface area contributed by atoms with Gasteiger partial charge in [-0.05, 0) is 37.8 Å². The monoisotopic (exact) mass is 388 g/mol. The van der Waals surface area contributed by atoms with Crippen molar-refractivity contribution in [3.8, 4) is 0 Å². The minimum Gasteiger partial charge on any atom is -0.376 e. The summed E-state index contributed by atoms with van der Waals surface area (Å²) in [5.74, 6) is 1.72. The van der Waals surface area contributed by atoms with E-state index in [-0.39, 0.29) is 18.6 Å². The van der Waals surface area contributed by atoms with Crippen molar-refractivity contribution in [2.75, 3.05) is 51.8 Å². The highest BCUT2D eigenvalue weighted by atomic mass is 16.5. The maximum atomic E-state index is 11.9. The SMILES string of the molecule is CN(C)C(=O)CN=C(NCC1CCCO1)NC1CCN(c2ccccn2)CC1. The molecule has 0 radical (unpaired) electrons. The van der Waals surface area contributed by atoms with Gasteiger partial charge in [0.1, 0.15) is 12.4 Å². The van der Waals surface area contributed by atoms with Crippen LogP contribution in [-0.2, 0) is 9.53 Å². The van der Waals surface area contributed by atoms with Crippen molar-refractivity contribution in [1.29, 1.82) is 0 Å². The Morgan fingerprint density at radius 1 is 1.32 bits per heavy atom. The molecule has 1 unspecified atom stereocenters.